The normalized spacial score (nSPS) is 12.3. The highest BCUT2D eigenvalue weighted by molar-refractivity contribution is 5.83. The van der Waals surface area contributed by atoms with Crippen LogP contribution < -0.4 is 4.74 Å². The molecule has 0 spiro atoms. The Hall–Kier alpha value is -3.39. The Morgan fingerprint density at radius 3 is 2.29 bits per heavy atom. The summed E-state index contributed by atoms with van der Waals surface area (Å²) < 4.78 is 5.84. The van der Waals surface area contributed by atoms with Gasteiger partial charge >= 0.3 is 0 Å². The van der Waals surface area contributed by atoms with Gasteiger partial charge in [-0.05, 0) is 64.7 Å². The van der Waals surface area contributed by atoms with Crippen LogP contribution in [0.2, 0.25) is 0 Å². The first-order valence-corrected chi connectivity index (χ1v) is 9.56. The minimum absolute atomic E-state index is 0.110. The van der Waals surface area contributed by atoms with Gasteiger partial charge in [-0.25, -0.2) is 0 Å². The molecule has 0 N–H and O–H groups in total. The van der Waals surface area contributed by atoms with E-state index in [1.54, 1.807) is 0 Å². The second-order valence-corrected chi connectivity index (χ2v) is 6.90. The highest BCUT2D eigenvalue weighted by atomic mass is 16.5. The molecule has 0 bridgehead atoms. The Morgan fingerprint density at radius 1 is 0.786 bits per heavy atom. The average Bonchev–Trinajstić information content (AvgIpc) is 2.77. The molecule has 0 fully saturated rings. The van der Waals surface area contributed by atoms with Gasteiger partial charge in [-0.2, -0.15) is 0 Å². The van der Waals surface area contributed by atoms with E-state index in [1.807, 2.05) is 48.7 Å². The maximum atomic E-state index is 5.84. The molecular weight excluding hydrogens is 342 g/mol. The number of benzene rings is 4. The van der Waals surface area contributed by atoms with Crippen molar-refractivity contribution in [2.24, 2.45) is 4.99 Å². The molecule has 0 saturated carbocycles. The van der Waals surface area contributed by atoms with Crippen LogP contribution in [0.1, 0.15) is 29.7 Å². The van der Waals surface area contributed by atoms with Crippen molar-refractivity contribution < 1.29 is 4.74 Å². The third kappa shape index (κ3) is 4.47. The van der Waals surface area contributed by atoms with E-state index in [-0.39, 0.29) is 6.04 Å². The van der Waals surface area contributed by atoms with E-state index in [1.165, 1.54) is 16.3 Å². The minimum Gasteiger partial charge on any atom is -0.489 e. The number of hydrogen-bond acceptors (Lipinski definition) is 2. The predicted molar refractivity (Wildman–Crippen MR) is 117 cm³/mol. The van der Waals surface area contributed by atoms with Crippen LogP contribution in [0, 0.1) is 0 Å². The summed E-state index contributed by atoms with van der Waals surface area (Å²) in [6.45, 7) is 2.70. The van der Waals surface area contributed by atoms with Crippen LogP contribution in [0.25, 0.3) is 10.8 Å². The van der Waals surface area contributed by atoms with Crippen molar-refractivity contribution in [3.63, 3.8) is 0 Å². The van der Waals surface area contributed by atoms with Gasteiger partial charge < -0.3 is 4.74 Å². The fraction of sp³-hybridized carbons (Fsp3) is 0.115. The number of hydrogen-bond donors (Lipinski definition) is 0. The van der Waals surface area contributed by atoms with Crippen LogP contribution in [0.3, 0.4) is 0 Å². The molecule has 0 aliphatic carbocycles. The summed E-state index contributed by atoms with van der Waals surface area (Å²) in [5.41, 5.74) is 3.45. The zero-order valence-electron chi connectivity index (χ0n) is 16.0. The van der Waals surface area contributed by atoms with Crippen LogP contribution in [0.5, 0.6) is 5.75 Å². The standard InChI is InChI=1S/C26H23NO/c1-20(24-14-13-23-9-5-6-10-25(23)17-24)27-18-21-11-15-26(16-12-21)28-19-22-7-3-2-4-8-22/h2-18,20H,19H2,1H3/b27-18+. The van der Waals surface area contributed by atoms with Crippen molar-refractivity contribution in [2.45, 2.75) is 19.6 Å². The number of nitrogens with zero attached hydrogens (tertiary/aromatic N) is 1. The van der Waals surface area contributed by atoms with Gasteiger partial charge in [0.2, 0.25) is 0 Å². The van der Waals surface area contributed by atoms with E-state index in [0.717, 1.165) is 16.9 Å². The Balaban J connectivity index is 1.39. The molecule has 4 aromatic carbocycles. The maximum absolute atomic E-state index is 5.84. The lowest BCUT2D eigenvalue weighted by molar-refractivity contribution is 0.306. The highest BCUT2D eigenvalue weighted by Gasteiger charge is 2.04. The molecule has 0 radical (unpaired) electrons. The Morgan fingerprint density at radius 2 is 1.50 bits per heavy atom. The Kier molecular flexibility index (Phi) is 5.48. The molecule has 28 heavy (non-hydrogen) atoms. The van der Waals surface area contributed by atoms with Crippen LogP contribution in [-0.2, 0) is 6.61 Å². The van der Waals surface area contributed by atoms with Crippen molar-refractivity contribution >= 4 is 17.0 Å². The average molecular weight is 365 g/mol. The maximum Gasteiger partial charge on any atom is 0.119 e. The van der Waals surface area contributed by atoms with E-state index < -0.39 is 0 Å². The summed E-state index contributed by atoms with van der Waals surface area (Å²) in [6, 6.07) is 33.3. The van der Waals surface area contributed by atoms with Gasteiger partial charge in [-0.1, -0.05) is 66.7 Å². The van der Waals surface area contributed by atoms with Gasteiger partial charge in [-0.15, -0.1) is 0 Å². The van der Waals surface area contributed by atoms with Crippen LogP contribution in [0.4, 0.5) is 0 Å². The molecule has 0 saturated heterocycles. The first-order valence-electron chi connectivity index (χ1n) is 9.56. The third-order valence-corrected chi connectivity index (χ3v) is 4.83. The molecule has 0 amide bonds. The third-order valence-electron chi connectivity index (χ3n) is 4.83. The smallest absolute Gasteiger partial charge is 0.119 e. The molecule has 1 atom stereocenters. The van der Waals surface area contributed by atoms with Crippen molar-refractivity contribution in [2.75, 3.05) is 0 Å². The fourth-order valence-electron chi connectivity index (χ4n) is 3.14. The van der Waals surface area contributed by atoms with E-state index in [2.05, 4.69) is 61.5 Å². The summed E-state index contributed by atoms with van der Waals surface area (Å²) in [5.74, 6) is 0.864. The van der Waals surface area contributed by atoms with Crippen LogP contribution in [-0.4, -0.2) is 6.21 Å². The van der Waals surface area contributed by atoms with E-state index in [9.17, 15) is 0 Å². The van der Waals surface area contributed by atoms with Crippen molar-refractivity contribution in [3.8, 4) is 5.75 Å². The molecule has 0 aromatic heterocycles. The van der Waals surface area contributed by atoms with Gasteiger partial charge in [0.05, 0.1) is 6.04 Å². The number of fused-ring (bicyclic) bond motifs is 1. The van der Waals surface area contributed by atoms with Crippen molar-refractivity contribution in [1.82, 2.24) is 0 Å². The lowest BCUT2D eigenvalue weighted by atomic mass is 10.0. The monoisotopic (exact) mass is 365 g/mol. The van der Waals surface area contributed by atoms with Crippen LogP contribution >= 0.6 is 0 Å². The van der Waals surface area contributed by atoms with Crippen molar-refractivity contribution in [3.05, 3.63) is 114 Å². The molecule has 2 nitrogen and oxygen atoms in total. The number of ether oxygens (including phenoxy) is 1. The molecule has 2 heteroatoms. The lowest BCUT2D eigenvalue weighted by Gasteiger charge is -2.09. The molecule has 4 aromatic rings. The van der Waals surface area contributed by atoms with E-state index in [4.69, 9.17) is 9.73 Å². The summed E-state index contributed by atoms with van der Waals surface area (Å²) in [4.78, 5) is 4.73. The van der Waals surface area contributed by atoms with Gasteiger partial charge in [0.15, 0.2) is 0 Å². The molecule has 1 unspecified atom stereocenters. The first kappa shape index (κ1) is 18.0. The summed E-state index contributed by atoms with van der Waals surface area (Å²) in [7, 11) is 0. The van der Waals surface area contributed by atoms with Crippen LogP contribution in [0.15, 0.2) is 102 Å². The second-order valence-electron chi connectivity index (χ2n) is 6.90. The Labute approximate surface area is 166 Å². The second kappa shape index (κ2) is 8.53. The van der Waals surface area contributed by atoms with Crippen molar-refractivity contribution in [1.29, 1.82) is 0 Å². The number of rotatable bonds is 6. The quantitative estimate of drug-likeness (QED) is 0.353. The van der Waals surface area contributed by atoms with Gasteiger partial charge in [-0.3, -0.25) is 4.99 Å². The minimum atomic E-state index is 0.110. The largest absolute Gasteiger partial charge is 0.489 e. The van der Waals surface area contributed by atoms with Gasteiger partial charge in [0.1, 0.15) is 12.4 Å². The summed E-state index contributed by atoms with van der Waals surface area (Å²) in [6.07, 6.45) is 1.93. The Bertz CT molecular complexity index is 1070. The SMILES string of the molecule is CC(/N=C/c1ccc(OCc2ccccc2)cc1)c1ccc2ccccc2c1. The highest BCUT2D eigenvalue weighted by Crippen LogP contribution is 2.22. The first-order chi connectivity index (χ1) is 13.8. The molecule has 138 valence electrons. The zero-order chi connectivity index (χ0) is 19.2. The molecule has 4 rings (SSSR count). The molecule has 0 heterocycles. The topological polar surface area (TPSA) is 21.6 Å². The fourth-order valence-corrected chi connectivity index (χ4v) is 3.14. The van der Waals surface area contributed by atoms with E-state index >= 15 is 0 Å². The lowest BCUT2D eigenvalue weighted by Crippen LogP contribution is -1.95. The summed E-state index contributed by atoms with van der Waals surface area (Å²) in [5, 5.41) is 2.51. The predicted octanol–water partition coefficient (Wildman–Crippen LogP) is 6.60. The zero-order valence-corrected chi connectivity index (χ0v) is 16.0. The summed E-state index contributed by atoms with van der Waals surface area (Å²) >= 11 is 0. The molecule has 0 aliphatic rings. The molecular formula is C26H23NO. The van der Waals surface area contributed by atoms with E-state index in [0.29, 0.717) is 6.61 Å². The van der Waals surface area contributed by atoms with Gasteiger partial charge in [0, 0.05) is 6.21 Å². The number of aliphatic imine (C=N–C) groups is 1. The van der Waals surface area contributed by atoms with Gasteiger partial charge in [0.25, 0.3) is 0 Å². The molecule has 0 aliphatic heterocycles.